The number of benzene rings is 2. The summed E-state index contributed by atoms with van der Waals surface area (Å²) in [4.78, 5) is 16.1. The molecule has 142 valence electrons. The van der Waals surface area contributed by atoms with E-state index in [1.165, 1.54) is 23.5 Å². The van der Waals surface area contributed by atoms with Gasteiger partial charge in [-0.25, -0.2) is 22.9 Å². The molecule has 2 amide bonds. The number of halogens is 2. The van der Waals surface area contributed by atoms with E-state index < -0.39 is 16.1 Å². The van der Waals surface area contributed by atoms with Crippen LogP contribution in [0.1, 0.15) is 6.92 Å². The van der Waals surface area contributed by atoms with Crippen molar-refractivity contribution in [1.82, 2.24) is 9.71 Å². The molecule has 1 heterocycles. The molecule has 0 bridgehead atoms. The molecule has 0 unspecified atom stereocenters. The second-order valence-corrected chi connectivity index (χ2v) is 8.74. The van der Waals surface area contributed by atoms with E-state index in [-0.39, 0.29) is 20.1 Å². The molecule has 2 N–H and O–H groups in total. The number of carbonyl (C=O) groups excluding carboxylic acids is 1. The molecule has 11 heteroatoms. The van der Waals surface area contributed by atoms with E-state index in [2.05, 4.69) is 10.3 Å². The van der Waals surface area contributed by atoms with Gasteiger partial charge in [0.25, 0.3) is 10.0 Å². The van der Waals surface area contributed by atoms with Crippen LogP contribution in [-0.4, -0.2) is 26.0 Å². The molecule has 7 nitrogen and oxygen atoms in total. The topological polar surface area (TPSA) is 97.4 Å². The van der Waals surface area contributed by atoms with Crippen molar-refractivity contribution in [3.05, 3.63) is 46.4 Å². The largest absolute Gasteiger partial charge is 0.494 e. The summed E-state index contributed by atoms with van der Waals surface area (Å²) in [5.74, 6) is 0.687. The first kappa shape index (κ1) is 19.7. The molecule has 0 radical (unpaired) electrons. The van der Waals surface area contributed by atoms with Gasteiger partial charge < -0.3 is 4.74 Å². The molecule has 0 aliphatic rings. The van der Waals surface area contributed by atoms with Crippen LogP contribution in [0, 0.1) is 0 Å². The van der Waals surface area contributed by atoms with E-state index >= 15 is 0 Å². The fraction of sp³-hybridized carbons (Fsp3) is 0.125. The third kappa shape index (κ3) is 4.62. The fourth-order valence-electron chi connectivity index (χ4n) is 2.16. The van der Waals surface area contributed by atoms with E-state index in [0.29, 0.717) is 17.9 Å². The molecule has 2 aromatic carbocycles. The van der Waals surface area contributed by atoms with Gasteiger partial charge in [-0.15, -0.1) is 0 Å². The van der Waals surface area contributed by atoms with Gasteiger partial charge in [0.2, 0.25) is 0 Å². The van der Waals surface area contributed by atoms with Crippen molar-refractivity contribution < 1.29 is 17.9 Å². The van der Waals surface area contributed by atoms with Crippen LogP contribution in [0.4, 0.5) is 9.93 Å². The third-order valence-electron chi connectivity index (χ3n) is 3.32. The smallest absolute Gasteiger partial charge is 0.334 e. The lowest BCUT2D eigenvalue weighted by Gasteiger charge is -2.07. The first-order chi connectivity index (χ1) is 12.8. The van der Waals surface area contributed by atoms with Crippen LogP contribution in [0.3, 0.4) is 0 Å². The molecule has 0 aliphatic carbocycles. The average Bonchev–Trinajstić information content (AvgIpc) is 2.98. The van der Waals surface area contributed by atoms with Gasteiger partial charge in [0, 0.05) is 0 Å². The average molecular weight is 446 g/mol. The van der Waals surface area contributed by atoms with Crippen LogP contribution in [0.15, 0.2) is 41.3 Å². The molecular formula is C16H13Cl2N3O4S2. The minimum Gasteiger partial charge on any atom is -0.494 e. The summed E-state index contributed by atoms with van der Waals surface area (Å²) in [5.41, 5.74) is 0.658. The lowest BCUT2D eigenvalue weighted by atomic mass is 10.3. The first-order valence-corrected chi connectivity index (χ1v) is 10.7. The maximum atomic E-state index is 12.3. The molecule has 0 fully saturated rings. The van der Waals surface area contributed by atoms with E-state index in [0.717, 1.165) is 10.8 Å². The highest BCUT2D eigenvalue weighted by atomic mass is 35.5. The fourth-order valence-corrected chi connectivity index (χ4v) is 4.35. The lowest BCUT2D eigenvalue weighted by molar-refractivity contribution is 0.256. The van der Waals surface area contributed by atoms with Crippen molar-refractivity contribution in [2.75, 3.05) is 11.9 Å². The standard InChI is InChI=1S/C16H13Cl2N3O4S2/c1-2-25-9-3-6-13-14(7-9)26-16(19-13)20-15(22)21-27(23,24)10-4-5-11(17)12(18)8-10/h3-8H,2H2,1H3,(H2,19,20,21,22). The number of nitrogens with one attached hydrogen (secondary N) is 2. The quantitative estimate of drug-likeness (QED) is 0.601. The van der Waals surface area contributed by atoms with Gasteiger partial charge in [-0.3, -0.25) is 5.32 Å². The highest BCUT2D eigenvalue weighted by Gasteiger charge is 2.19. The Bertz CT molecular complexity index is 1120. The van der Waals surface area contributed by atoms with Crippen LogP contribution >= 0.6 is 34.5 Å². The van der Waals surface area contributed by atoms with Gasteiger partial charge in [-0.2, -0.15) is 0 Å². The Labute approximate surface area is 169 Å². The Morgan fingerprint density at radius 1 is 1.19 bits per heavy atom. The molecule has 0 saturated heterocycles. The molecule has 27 heavy (non-hydrogen) atoms. The predicted octanol–water partition coefficient (Wildman–Crippen LogP) is 4.51. The number of rotatable bonds is 5. The Morgan fingerprint density at radius 3 is 2.67 bits per heavy atom. The number of ether oxygens (including phenoxy) is 1. The molecule has 0 spiro atoms. The van der Waals surface area contributed by atoms with Crippen LogP contribution in [0.5, 0.6) is 5.75 Å². The molecule has 0 saturated carbocycles. The maximum absolute atomic E-state index is 12.3. The highest BCUT2D eigenvalue weighted by molar-refractivity contribution is 7.90. The molecule has 1 aromatic heterocycles. The molecule has 0 aliphatic heterocycles. The Balaban J connectivity index is 1.74. The number of carbonyl (C=O) groups is 1. The molecule has 0 atom stereocenters. The number of thiazole rings is 1. The normalized spacial score (nSPS) is 11.4. The van der Waals surface area contributed by atoms with Gasteiger partial charge in [0.05, 0.1) is 31.8 Å². The van der Waals surface area contributed by atoms with E-state index in [1.807, 2.05) is 11.6 Å². The predicted molar refractivity (Wildman–Crippen MR) is 107 cm³/mol. The highest BCUT2D eigenvalue weighted by Crippen LogP contribution is 2.29. The van der Waals surface area contributed by atoms with Crippen molar-refractivity contribution >= 4 is 65.9 Å². The molecule has 3 aromatic rings. The Kier molecular flexibility index (Phi) is 5.75. The number of fused-ring (bicyclic) bond motifs is 1. The minimum atomic E-state index is -4.11. The number of amides is 2. The SMILES string of the molecule is CCOc1ccc2nc(NC(=O)NS(=O)(=O)c3ccc(Cl)c(Cl)c3)sc2c1. The van der Waals surface area contributed by atoms with E-state index in [9.17, 15) is 13.2 Å². The van der Waals surface area contributed by atoms with Crippen LogP contribution in [0.2, 0.25) is 10.0 Å². The first-order valence-electron chi connectivity index (χ1n) is 7.61. The molecule has 3 rings (SSSR count). The summed E-state index contributed by atoms with van der Waals surface area (Å²) in [6.45, 7) is 2.41. The summed E-state index contributed by atoms with van der Waals surface area (Å²) < 4.78 is 32.7. The van der Waals surface area contributed by atoms with Crippen LogP contribution < -0.4 is 14.8 Å². The number of nitrogens with zero attached hydrogens (tertiary/aromatic N) is 1. The number of urea groups is 1. The summed E-state index contributed by atoms with van der Waals surface area (Å²) in [6, 6.07) is 8.12. The summed E-state index contributed by atoms with van der Waals surface area (Å²) in [5, 5.41) is 2.94. The zero-order chi connectivity index (χ0) is 19.6. The van der Waals surface area contributed by atoms with Crippen molar-refractivity contribution in [3.63, 3.8) is 0 Å². The van der Waals surface area contributed by atoms with Crippen LogP contribution in [-0.2, 0) is 10.0 Å². The van der Waals surface area contributed by atoms with Gasteiger partial charge in [0.1, 0.15) is 5.75 Å². The second kappa shape index (κ2) is 7.89. The third-order valence-corrected chi connectivity index (χ3v) is 6.32. The van der Waals surface area contributed by atoms with E-state index in [1.54, 1.807) is 18.2 Å². The second-order valence-electron chi connectivity index (χ2n) is 5.22. The van der Waals surface area contributed by atoms with Crippen molar-refractivity contribution in [2.24, 2.45) is 0 Å². The number of aromatic nitrogens is 1. The number of sulfonamides is 1. The minimum absolute atomic E-state index is 0.0659. The monoisotopic (exact) mass is 445 g/mol. The Hall–Kier alpha value is -2.07. The number of hydrogen-bond donors (Lipinski definition) is 2. The van der Waals surface area contributed by atoms with Gasteiger partial charge in [-0.05, 0) is 43.3 Å². The zero-order valence-electron chi connectivity index (χ0n) is 13.8. The van der Waals surface area contributed by atoms with Gasteiger partial charge >= 0.3 is 6.03 Å². The number of hydrogen-bond acceptors (Lipinski definition) is 6. The molecular weight excluding hydrogens is 433 g/mol. The van der Waals surface area contributed by atoms with Crippen molar-refractivity contribution in [1.29, 1.82) is 0 Å². The van der Waals surface area contributed by atoms with Crippen molar-refractivity contribution in [2.45, 2.75) is 11.8 Å². The van der Waals surface area contributed by atoms with E-state index in [4.69, 9.17) is 27.9 Å². The maximum Gasteiger partial charge on any atom is 0.334 e. The number of anilines is 1. The van der Waals surface area contributed by atoms with Gasteiger partial charge in [0.15, 0.2) is 5.13 Å². The zero-order valence-corrected chi connectivity index (χ0v) is 17.0. The lowest BCUT2D eigenvalue weighted by Crippen LogP contribution is -2.34. The Morgan fingerprint density at radius 2 is 1.96 bits per heavy atom. The van der Waals surface area contributed by atoms with Crippen LogP contribution in [0.25, 0.3) is 10.2 Å². The summed E-state index contributed by atoms with van der Waals surface area (Å²) in [7, 11) is -4.11. The van der Waals surface area contributed by atoms with Crippen molar-refractivity contribution in [3.8, 4) is 5.75 Å². The van der Waals surface area contributed by atoms with Gasteiger partial charge in [-0.1, -0.05) is 34.5 Å². The summed E-state index contributed by atoms with van der Waals surface area (Å²) >= 11 is 12.8. The summed E-state index contributed by atoms with van der Waals surface area (Å²) in [6.07, 6.45) is 0.